The number of rotatable bonds is 0. The van der Waals surface area contributed by atoms with E-state index < -0.39 is 0 Å². The van der Waals surface area contributed by atoms with Crippen molar-refractivity contribution in [3.05, 3.63) is 0 Å². The third kappa shape index (κ3) is 17.6. The van der Waals surface area contributed by atoms with Crippen LogP contribution in [-0.4, -0.2) is 0 Å². The average Bonchev–Trinajstić information content (AvgIpc) is 0. The molecule has 0 saturated heterocycles. The van der Waals surface area contributed by atoms with Crippen molar-refractivity contribution in [1.29, 1.82) is 0 Å². The Bertz CT molecular complexity index is 17.7. The van der Waals surface area contributed by atoms with Gasteiger partial charge >= 0.3 is 80.9 Å². The van der Waals surface area contributed by atoms with Crippen LogP contribution in [0, 0.1) is 0 Å². The monoisotopic (exact) mass is 428 g/mol. The fourth-order valence-corrected chi connectivity index (χ4v) is 0. The number of hydrogen-bond donors (Lipinski definition) is 0. The van der Waals surface area contributed by atoms with Crippen molar-refractivity contribution >= 4 is 0 Å². The van der Waals surface area contributed by atoms with Crippen molar-refractivity contribution in [2.45, 2.75) is 0 Å². The molecule has 0 aromatic rings. The van der Waals surface area contributed by atoms with Crippen LogP contribution in [0.25, 0.3) is 0 Å². The van der Waals surface area contributed by atoms with Gasteiger partial charge in [-0.3, -0.25) is 0 Å². The SMILES string of the molecule is [H-].[H-].[K+].[Na+].[Nb].[Ta].[Zr]. The van der Waals surface area contributed by atoms with Crippen molar-refractivity contribution in [2.24, 2.45) is 0 Å². The van der Waals surface area contributed by atoms with Crippen LogP contribution < -0.4 is 80.9 Å². The summed E-state index contributed by atoms with van der Waals surface area (Å²) in [6.45, 7) is 0. The van der Waals surface area contributed by atoms with E-state index in [0.29, 0.717) is 0 Å². The zero-order valence-corrected chi connectivity index (χ0v) is 16.4. The van der Waals surface area contributed by atoms with Crippen molar-refractivity contribution in [2.75, 3.05) is 0 Å². The smallest absolute Gasteiger partial charge is 1.00 e. The first-order valence-corrected chi connectivity index (χ1v) is 0. The van der Waals surface area contributed by atoms with Gasteiger partial charge in [0.1, 0.15) is 0 Å². The van der Waals surface area contributed by atoms with Crippen molar-refractivity contribution in [3.63, 3.8) is 0 Å². The van der Waals surface area contributed by atoms with Gasteiger partial charge in [0.2, 0.25) is 0 Å². The summed E-state index contributed by atoms with van der Waals surface area (Å²) in [5.41, 5.74) is 0. The largest absolute Gasteiger partial charge is 1.00 e. The molecule has 0 saturated carbocycles. The molecule has 0 amide bonds. The molecule has 0 rings (SSSR count). The molecule has 0 N–H and O–H groups in total. The molecule has 0 unspecified atom stereocenters. The summed E-state index contributed by atoms with van der Waals surface area (Å²) in [5.74, 6) is 0. The minimum Gasteiger partial charge on any atom is -1.00 e. The molecule has 0 atom stereocenters. The first-order chi connectivity index (χ1) is 0. The van der Waals surface area contributed by atoms with Crippen LogP contribution >= 0.6 is 0 Å². The van der Waals surface area contributed by atoms with E-state index in [2.05, 4.69) is 0 Å². The van der Waals surface area contributed by atoms with Gasteiger partial charge in [0.25, 0.3) is 0 Å². The van der Waals surface area contributed by atoms with E-state index in [4.69, 9.17) is 0 Å². The molecule has 0 aliphatic rings. The van der Waals surface area contributed by atoms with E-state index in [-0.39, 0.29) is 155 Å². The van der Waals surface area contributed by atoms with Gasteiger partial charge in [-0.25, -0.2) is 0 Å². The van der Waals surface area contributed by atoms with Gasteiger partial charge in [-0.1, -0.05) is 0 Å². The Balaban J connectivity index is 0. The van der Waals surface area contributed by atoms with Crippen molar-refractivity contribution in [1.82, 2.24) is 0 Å². The molecule has 0 aromatic heterocycles. The van der Waals surface area contributed by atoms with Crippen LogP contribution in [0.1, 0.15) is 2.85 Å². The molecule has 0 heterocycles. The summed E-state index contributed by atoms with van der Waals surface area (Å²) in [6, 6.07) is 0. The summed E-state index contributed by atoms with van der Waals surface area (Å²) in [6.07, 6.45) is 0. The van der Waals surface area contributed by atoms with Crippen molar-refractivity contribution in [3.8, 4) is 0 Å². The predicted octanol–water partition coefficient (Wildman–Crippen LogP) is -5.77. The molecule has 5 heavy (non-hydrogen) atoms. The first-order valence-electron chi connectivity index (χ1n) is 0. The third-order valence-corrected chi connectivity index (χ3v) is 0. The van der Waals surface area contributed by atoms with Gasteiger partial charge in [0.15, 0.2) is 0 Å². The molecular weight excluding hydrogens is 427 g/mol. The summed E-state index contributed by atoms with van der Waals surface area (Å²) in [5, 5.41) is 0. The Morgan fingerprint density at radius 2 is 1.20 bits per heavy atom. The van der Waals surface area contributed by atoms with Crippen LogP contribution in [0.3, 0.4) is 0 Å². The van der Waals surface area contributed by atoms with E-state index in [0.717, 1.165) is 0 Å². The summed E-state index contributed by atoms with van der Waals surface area (Å²) in [7, 11) is 0. The normalized spacial score (nSPS) is 0. The summed E-state index contributed by atoms with van der Waals surface area (Å²) >= 11 is 0. The van der Waals surface area contributed by atoms with Gasteiger partial charge in [-0.05, 0) is 0 Å². The topological polar surface area (TPSA) is 0 Å². The van der Waals surface area contributed by atoms with E-state index in [1.54, 1.807) is 0 Å². The zero-order valence-electron chi connectivity index (χ0n) is 5.39. The molecule has 0 aliphatic heterocycles. The second kappa shape index (κ2) is 23.0. The van der Waals surface area contributed by atoms with E-state index >= 15 is 0 Å². The Kier molecular flexibility index (Phi) is 149. The molecule has 5 heteroatoms. The maximum Gasteiger partial charge on any atom is 1.00 e. The molecule has 0 spiro atoms. The first kappa shape index (κ1) is 32.4. The Morgan fingerprint density at radius 1 is 1.20 bits per heavy atom. The average molecular weight is 429 g/mol. The Labute approximate surface area is 150 Å². The van der Waals surface area contributed by atoms with Crippen LogP contribution in [0.2, 0.25) is 0 Å². The number of hydrogen-bond acceptors (Lipinski definition) is 0. The zero-order chi connectivity index (χ0) is 0. The second-order valence-corrected chi connectivity index (χ2v) is 0. The summed E-state index contributed by atoms with van der Waals surface area (Å²) in [4.78, 5) is 0. The predicted molar refractivity (Wildman–Crippen MR) is 2.22 cm³/mol. The van der Waals surface area contributed by atoms with Gasteiger partial charge in [-0.15, -0.1) is 0 Å². The van der Waals surface area contributed by atoms with Gasteiger partial charge in [-0.2, -0.15) is 0 Å². The molecule has 0 aromatic carbocycles. The quantitative estimate of drug-likeness (QED) is 0.337. The molecular formula is H2KNaNbTaZr. The van der Waals surface area contributed by atoms with Gasteiger partial charge in [0, 0.05) is 71.0 Å². The molecule has 0 nitrogen and oxygen atoms in total. The van der Waals surface area contributed by atoms with Crippen LogP contribution in [0.15, 0.2) is 0 Å². The fourth-order valence-electron chi connectivity index (χ4n) is 0. The molecule has 18 valence electrons. The van der Waals surface area contributed by atoms with Gasteiger partial charge < -0.3 is 2.85 Å². The third-order valence-electron chi connectivity index (χ3n) is 0. The summed E-state index contributed by atoms with van der Waals surface area (Å²) < 4.78 is 0. The second-order valence-electron chi connectivity index (χ2n) is 0. The Morgan fingerprint density at radius 3 is 1.20 bits per heavy atom. The van der Waals surface area contributed by atoms with E-state index in [1.165, 1.54) is 0 Å². The van der Waals surface area contributed by atoms with Crippen molar-refractivity contribution < 1.29 is 155 Å². The molecule has 0 aliphatic carbocycles. The maximum atomic E-state index is 0. The standard InChI is InChI=1S/K.Na.Nb.Ta.Zr.2H/q2*+1;;;;2*-1. The van der Waals surface area contributed by atoms with Crippen LogP contribution in [0.5, 0.6) is 0 Å². The van der Waals surface area contributed by atoms with Crippen LogP contribution in [0.4, 0.5) is 0 Å². The minimum absolute atomic E-state index is 0. The van der Waals surface area contributed by atoms with E-state index in [9.17, 15) is 0 Å². The molecule has 0 bridgehead atoms. The fraction of sp³-hybridized carbons (Fsp3) is 0. The maximum absolute atomic E-state index is 0. The molecule has 2 radical (unpaired) electrons. The molecule has 0 fully saturated rings. The van der Waals surface area contributed by atoms with E-state index in [1.807, 2.05) is 0 Å². The van der Waals surface area contributed by atoms with Crippen LogP contribution in [-0.2, 0) is 71.0 Å². The minimum atomic E-state index is 0. The Hall–Kier alpha value is 5.00. The van der Waals surface area contributed by atoms with Gasteiger partial charge in [0.05, 0.1) is 0 Å².